The van der Waals surface area contributed by atoms with Crippen LogP contribution in [0.3, 0.4) is 0 Å². The van der Waals surface area contributed by atoms with Crippen LogP contribution in [0.4, 0.5) is 5.95 Å². The van der Waals surface area contributed by atoms with Gasteiger partial charge in [-0.15, -0.1) is 0 Å². The van der Waals surface area contributed by atoms with Crippen LogP contribution in [-0.4, -0.2) is 28.5 Å². The summed E-state index contributed by atoms with van der Waals surface area (Å²) >= 11 is 0. The Kier molecular flexibility index (Phi) is 5.44. The summed E-state index contributed by atoms with van der Waals surface area (Å²) in [4.78, 5) is 23.9. The van der Waals surface area contributed by atoms with Gasteiger partial charge < -0.3 is 16.0 Å². The molecule has 1 atom stereocenters. The Morgan fingerprint density at radius 1 is 1.32 bits per heavy atom. The lowest BCUT2D eigenvalue weighted by Crippen LogP contribution is -2.51. The van der Waals surface area contributed by atoms with E-state index in [0.29, 0.717) is 5.95 Å². The number of rotatable bonds is 5. The first-order chi connectivity index (χ1) is 13.0. The second-order valence-corrected chi connectivity index (χ2v) is 9.21. The van der Waals surface area contributed by atoms with Crippen molar-refractivity contribution in [3.05, 3.63) is 53.3 Å². The molecule has 1 aliphatic carbocycles. The van der Waals surface area contributed by atoms with Crippen LogP contribution < -0.4 is 16.0 Å². The van der Waals surface area contributed by atoms with Crippen molar-refractivity contribution in [3.8, 4) is 0 Å². The molecule has 1 heterocycles. The second-order valence-electron chi connectivity index (χ2n) is 9.21. The first-order valence-corrected chi connectivity index (χ1v) is 9.76. The van der Waals surface area contributed by atoms with Crippen molar-refractivity contribution in [3.63, 3.8) is 0 Å². The van der Waals surface area contributed by atoms with Crippen molar-refractivity contribution in [1.29, 1.82) is 0 Å². The fourth-order valence-electron chi connectivity index (χ4n) is 3.62. The topological polar surface area (TPSA) is 84.1 Å². The number of aromatic nitrogens is 2. The molecule has 0 radical (unpaired) electrons. The van der Waals surface area contributed by atoms with Gasteiger partial charge in [0.15, 0.2) is 0 Å². The third-order valence-corrected chi connectivity index (χ3v) is 5.16. The summed E-state index contributed by atoms with van der Waals surface area (Å²) < 4.78 is 0. The molecule has 1 aromatic heterocycles. The summed E-state index contributed by atoms with van der Waals surface area (Å²) in [5.41, 5.74) is 8.29. The van der Waals surface area contributed by atoms with Crippen LogP contribution in [0.1, 0.15) is 57.0 Å². The molecule has 3 N–H and O–H groups in total. The number of benzene rings is 1. The number of amides is 1. The number of fused-ring (bicyclic) bond motifs is 1. The van der Waals surface area contributed by atoms with Gasteiger partial charge in [-0.1, -0.05) is 44.2 Å². The quantitative estimate of drug-likeness (QED) is 0.832. The molecule has 6 nitrogen and oxygen atoms in total. The minimum Gasteiger partial charge on any atom is -0.348 e. The van der Waals surface area contributed by atoms with E-state index in [1.165, 1.54) is 5.56 Å². The number of anilines is 1. The summed E-state index contributed by atoms with van der Waals surface area (Å²) in [7, 11) is 2.00. The molecular formula is C22H31N5O. The van der Waals surface area contributed by atoms with Crippen molar-refractivity contribution in [1.82, 2.24) is 15.3 Å². The van der Waals surface area contributed by atoms with E-state index in [9.17, 15) is 4.79 Å². The van der Waals surface area contributed by atoms with E-state index in [1.807, 2.05) is 36.3 Å². The van der Waals surface area contributed by atoms with Gasteiger partial charge in [0.25, 0.3) is 0 Å². The van der Waals surface area contributed by atoms with Gasteiger partial charge >= 0.3 is 0 Å². The number of carbonyl (C=O) groups is 1. The monoisotopic (exact) mass is 381 g/mol. The Balaban J connectivity index is 1.85. The standard InChI is InChI=1S/C22H31N5O/c1-21(2)11-17(25-19(28)22(3,4)23)16-13-24-20(26-18(16)12-21)27(5)14-15-9-7-6-8-10-15/h6-10,13,17H,11-12,14,23H2,1-5H3,(H,25,28). The van der Waals surface area contributed by atoms with E-state index >= 15 is 0 Å². The molecule has 2 aromatic rings. The Hall–Kier alpha value is -2.47. The van der Waals surface area contributed by atoms with Crippen molar-refractivity contribution < 1.29 is 4.79 Å². The molecule has 0 bridgehead atoms. The number of carbonyl (C=O) groups excluding carboxylic acids is 1. The minimum atomic E-state index is -0.918. The van der Waals surface area contributed by atoms with Gasteiger partial charge in [0.1, 0.15) is 0 Å². The maximum atomic E-state index is 12.4. The predicted octanol–water partition coefficient (Wildman–Crippen LogP) is 2.98. The molecule has 1 aliphatic rings. The predicted molar refractivity (Wildman–Crippen MR) is 112 cm³/mol. The molecule has 6 heteroatoms. The lowest BCUT2D eigenvalue weighted by Gasteiger charge is -2.37. The number of hydrogen-bond donors (Lipinski definition) is 2. The van der Waals surface area contributed by atoms with E-state index in [0.717, 1.165) is 30.6 Å². The van der Waals surface area contributed by atoms with Gasteiger partial charge in [-0.2, -0.15) is 0 Å². The van der Waals surface area contributed by atoms with E-state index < -0.39 is 5.54 Å². The van der Waals surface area contributed by atoms with Gasteiger partial charge in [0, 0.05) is 25.4 Å². The highest BCUT2D eigenvalue weighted by molar-refractivity contribution is 5.85. The molecule has 3 rings (SSSR count). The lowest BCUT2D eigenvalue weighted by atomic mass is 9.74. The Morgan fingerprint density at radius 3 is 2.64 bits per heavy atom. The number of nitrogens with two attached hydrogens (primary N) is 1. The molecule has 150 valence electrons. The van der Waals surface area contributed by atoms with Crippen LogP contribution in [0.2, 0.25) is 0 Å². The van der Waals surface area contributed by atoms with Gasteiger partial charge in [-0.3, -0.25) is 4.79 Å². The number of hydrogen-bond acceptors (Lipinski definition) is 5. The summed E-state index contributed by atoms with van der Waals surface area (Å²) in [6, 6.07) is 10.1. The smallest absolute Gasteiger partial charge is 0.239 e. The van der Waals surface area contributed by atoms with Gasteiger partial charge in [-0.05, 0) is 37.7 Å². The third kappa shape index (κ3) is 4.68. The summed E-state index contributed by atoms with van der Waals surface area (Å²) in [6.07, 6.45) is 3.56. The van der Waals surface area contributed by atoms with Crippen molar-refractivity contribution in [2.45, 2.75) is 58.7 Å². The first kappa shape index (κ1) is 20.3. The van der Waals surface area contributed by atoms with E-state index in [1.54, 1.807) is 13.8 Å². The lowest BCUT2D eigenvalue weighted by molar-refractivity contribution is -0.126. The highest BCUT2D eigenvalue weighted by atomic mass is 16.2. The van der Waals surface area contributed by atoms with Crippen LogP contribution in [0.5, 0.6) is 0 Å². The average Bonchev–Trinajstić information content (AvgIpc) is 2.60. The Bertz CT molecular complexity index is 842. The SMILES string of the molecule is CN(Cc1ccccc1)c1ncc2c(n1)CC(C)(C)CC2NC(=O)C(C)(C)N. The summed E-state index contributed by atoms with van der Waals surface area (Å²) in [5, 5.41) is 3.10. The van der Waals surface area contributed by atoms with Crippen LogP contribution >= 0.6 is 0 Å². The van der Waals surface area contributed by atoms with Crippen LogP contribution in [-0.2, 0) is 17.8 Å². The zero-order chi connectivity index (χ0) is 20.5. The van der Waals surface area contributed by atoms with Crippen LogP contribution in [0.25, 0.3) is 0 Å². The average molecular weight is 382 g/mol. The largest absolute Gasteiger partial charge is 0.348 e. The third-order valence-electron chi connectivity index (χ3n) is 5.16. The normalized spacial score (nSPS) is 18.3. The molecule has 0 aliphatic heterocycles. The molecule has 28 heavy (non-hydrogen) atoms. The molecule has 1 amide bonds. The zero-order valence-corrected chi connectivity index (χ0v) is 17.5. The summed E-state index contributed by atoms with van der Waals surface area (Å²) in [6.45, 7) is 8.59. The molecule has 0 fully saturated rings. The first-order valence-electron chi connectivity index (χ1n) is 9.76. The zero-order valence-electron chi connectivity index (χ0n) is 17.5. The van der Waals surface area contributed by atoms with Crippen molar-refractivity contribution in [2.75, 3.05) is 11.9 Å². The van der Waals surface area contributed by atoms with E-state index in [-0.39, 0.29) is 17.4 Å². The molecule has 1 unspecified atom stereocenters. The number of nitrogens with one attached hydrogen (secondary N) is 1. The van der Waals surface area contributed by atoms with E-state index in [2.05, 4.69) is 36.3 Å². The molecule has 0 saturated heterocycles. The van der Waals surface area contributed by atoms with Gasteiger partial charge in [0.05, 0.1) is 17.3 Å². The molecular weight excluding hydrogens is 350 g/mol. The fourth-order valence-corrected chi connectivity index (χ4v) is 3.62. The minimum absolute atomic E-state index is 0.0350. The Labute approximate surface area is 167 Å². The van der Waals surface area contributed by atoms with Gasteiger partial charge in [-0.25, -0.2) is 9.97 Å². The highest BCUT2D eigenvalue weighted by Gasteiger charge is 2.36. The molecule has 1 aromatic carbocycles. The van der Waals surface area contributed by atoms with Crippen LogP contribution in [0.15, 0.2) is 36.5 Å². The Morgan fingerprint density at radius 2 is 2.00 bits per heavy atom. The second kappa shape index (κ2) is 7.51. The fraction of sp³-hybridized carbons (Fsp3) is 0.500. The van der Waals surface area contributed by atoms with Gasteiger partial charge in [0.2, 0.25) is 11.9 Å². The van der Waals surface area contributed by atoms with E-state index in [4.69, 9.17) is 10.7 Å². The summed E-state index contributed by atoms with van der Waals surface area (Å²) in [5.74, 6) is 0.538. The highest BCUT2D eigenvalue weighted by Crippen LogP contribution is 2.40. The maximum absolute atomic E-state index is 12.4. The van der Waals surface area contributed by atoms with Crippen molar-refractivity contribution in [2.24, 2.45) is 11.1 Å². The molecule has 0 saturated carbocycles. The number of nitrogens with zero attached hydrogens (tertiary/aromatic N) is 3. The van der Waals surface area contributed by atoms with Crippen LogP contribution in [0, 0.1) is 5.41 Å². The maximum Gasteiger partial charge on any atom is 0.239 e. The molecule has 0 spiro atoms. The van der Waals surface area contributed by atoms with Crippen molar-refractivity contribution >= 4 is 11.9 Å².